The normalized spacial score (nSPS) is 10.4. The van der Waals surface area contributed by atoms with E-state index in [1.807, 2.05) is 38.1 Å². The quantitative estimate of drug-likeness (QED) is 0.266. The molecule has 1 amide bonds. The number of nitrogens with zero attached hydrogens (tertiary/aromatic N) is 3. The molecular weight excluding hydrogens is 500 g/mol. The minimum Gasteiger partial charge on any atom is -0.493 e. The molecule has 0 saturated heterocycles. The summed E-state index contributed by atoms with van der Waals surface area (Å²) in [4.78, 5) is 28.6. The van der Waals surface area contributed by atoms with Crippen LogP contribution in [-0.4, -0.2) is 44.3 Å². The van der Waals surface area contributed by atoms with Crippen LogP contribution in [0, 0.1) is 13.8 Å². The third-order valence-electron chi connectivity index (χ3n) is 5.91. The Bertz CT molecular complexity index is 1410. The van der Waals surface area contributed by atoms with Gasteiger partial charge in [0.1, 0.15) is 0 Å². The van der Waals surface area contributed by atoms with Crippen molar-refractivity contribution < 1.29 is 28.6 Å². The highest BCUT2D eigenvalue weighted by molar-refractivity contribution is 6.05. The SMILES string of the molecule is COc1ccccc1ON(C(=O)c1cnc(Nc2cc(OC)c(OC)c(OC)c2)nc1)c1c(C)cccc1C. The van der Waals surface area contributed by atoms with E-state index in [0.717, 1.165) is 11.1 Å². The lowest BCUT2D eigenvalue weighted by molar-refractivity contribution is 0.0875. The van der Waals surface area contributed by atoms with Crippen molar-refractivity contribution in [3.8, 4) is 28.7 Å². The Hall–Kier alpha value is -4.99. The van der Waals surface area contributed by atoms with Crippen LogP contribution in [0.2, 0.25) is 0 Å². The van der Waals surface area contributed by atoms with Gasteiger partial charge < -0.3 is 29.1 Å². The van der Waals surface area contributed by atoms with Crippen LogP contribution >= 0.6 is 0 Å². The molecule has 0 spiro atoms. The molecule has 0 aliphatic rings. The number of ether oxygens (including phenoxy) is 4. The van der Waals surface area contributed by atoms with E-state index in [9.17, 15) is 4.79 Å². The van der Waals surface area contributed by atoms with E-state index in [4.69, 9.17) is 23.8 Å². The summed E-state index contributed by atoms with van der Waals surface area (Å²) in [6, 6.07) is 16.3. The van der Waals surface area contributed by atoms with Gasteiger partial charge in [-0.3, -0.25) is 4.79 Å². The zero-order valence-electron chi connectivity index (χ0n) is 22.6. The first-order valence-electron chi connectivity index (χ1n) is 12.0. The Balaban J connectivity index is 1.65. The van der Waals surface area contributed by atoms with Crippen LogP contribution in [-0.2, 0) is 0 Å². The maximum Gasteiger partial charge on any atom is 0.294 e. The number of nitrogens with one attached hydrogen (secondary N) is 1. The lowest BCUT2D eigenvalue weighted by Crippen LogP contribution is -2.35. The van der Waals surface area contributed by atoms with Crippen LogP contribution in [0.25, 0.3) is 0 Å². The van der Waals surface area contributed by atoms with E-state index in [1.54, 1.807) is 37.4 Å². The highest BCUT2D eigenvalue weighted by atomic mass is 16.7. The fourth-order valence-corrected chi connectivity index (χ4v) is 4.01. The van der Waals surface area contributed by atoms with Gasteiger partial charge in [-0.25, -0.2) is 9.97 Å². The molecule has 1 aromatic heterocycles. The molecule has 1 N–H and O–H groups in total. The van der Waals surface area contributed by atoms with Crippen molar-refractivity contribution in [3.63, 3.8) is 0 Å². The molecule has 10 heteroatoms. The van der Waals surface area contributed by atoms with E-state index in [1.165, 1.54) is 38.8 Å². The zero-order valence-corrected chi connectivity index (χ0v) is 22.6. The second-order valence-corrected chi connectivity index (χ2v) is 8.42. The van der Waals surface area contributed by atoms with E-state index in [-0.39, 0.29) is 11.5 Å². The average Bonchev–Trinajstić information content (AvgIpc) is 2.96. The van der Waals surface area contributed by atoms with Crippen molar-refractivity contribution in [1.29, 1.82) is 0 Å². The molecule has 202 valence electrons. The number of carbonyl (C=O) groups excluding carboxylic acids is 1. The summed E-state index contributed by atoms with van der Waals surface area (Å²) in [5, 5.41) is 4.34. The van der Waals surface area contributed by atoms with Crippen LogP contribution in [0.4, 0.5) is 17.3 Å². The molecule has 0 saturated carbocycles. The number of anilines is 3. The Labute approximate surface area is 227 Å². The number of methoxy groups -OCH3 is 4. The predicted octanol–water partition coefficient (Wildman–Crippen LogP) is 5.51. The van der Waals surface area contributed by atoms with Gasteiger partial charge in [-0.05, 0) is 37.1 Å². The second-order valence-electron chi connectivity index (χ2n) is 8.42. The monoisotopic (exact) mass is 530 g/mol. The van der Waals surface area contributed by atoms with E-state index < -0.39 is 5.91 Å². The largest absolute Gasteiger partial charge is 0.493 e. The van der Waals surface area contributed by atoms with E-state index in [2.05, 4.69) is 15.3 Å². The Morgan fingerprint density at radius 1 is 0.744 bits per heavy atom. The number of hydrogen-bond donors (Lipinski definition) is 1. The molecule has 0 atom stereocenters. The molecule has 39 heavy (non-hydrogen) atoms. The summed E-state index contributed by atoms with van der Waals surface area (Å²) < 4.78 is 21.6. The molecule has 0 aliphatic heterocycles. The van der Waals surface area contributed by atoms with E-state index in [0.29, 0.717) is 40.1 Å². The van der Waals surface area contributed by atoms with Gasteiger partial charge in [0.2, 0.25) is 11.7 Å². The molecule has 4 rings (SSSR count). The first-order valence-corrected chi connectivity index (χ1v) is 12.0. The first kappa shape index (κ1) is 27.1. The van der Waals surface area contributed by atoms with Gasteiger partial charge in [-0.2, -0.15) is 0 Å². The third-order valence-corrected chi connectivity index (χ3v) is 5.91. The zero-order chi connectivity index (χ0) is 27.9. The minimum absolute atomic E-state index is 0.225. The molecule has 0 aliphatic carbocycles. The maximum atomic E-state index is 13.8. The molecule has 1 heterocycles. The molecule has 0 radical (unpaired) electrons. The summed E-state index contributed by atoms with van der Waals surface area (Å²) in [7, 11) is 6.15. The van der Waals surface area contributed by atoms with Gasteiger partial charge >= 0.3 is 0 Å². The Kier molecular flexibility index (Phi) is 8.35. The molecular formula is C29H30N4O6. The molecule has 4 aromatic rings. The third kappa shape index (κ3) is 5.80. The number of benzene rings is 3. The van der Waals surface area contributed by atoms with Crippen molar-refractivity contribution in [3.05, 3.63) is 83.7 Å². The number of hydrogen-bond acceptors (Lipinski definition) is 9. The van der Waals surface area contributed by atoms with Crippen LogP contribution < -0.4 is 34.2 Å². The predicted molar refractivity (Wildman–Crippen MR) is 148 cm³/mol. The van der Waals surface area contributed by atoms with Gasteiger partial charge in [-0.15, -0.1) is 5.06 Å². The summed E-state index contributed by atoms with van der Waals surface area (Å²) in [6.07, 6.45) is 2.86. The summed E-state index contributed by atoms with van der Waals surface area (Å²) in [5.74, 6) is 2.12. The van der Waals surface area contributed by atoms with Crippen LogP contribution in [0.5, 0.6) is 28.7 Å². The average molecular weight is 531 g/mol. The summed E-state index contributed by atoms with van der Waals surface area (Å²) >= 11 is 0. The van der Waals surface area contributed by atoms with Gasteiger partial charge in [-0.1, -0.05) is 30.3 Å². The molecule has 0 bridgehead atoms. The number of aromatic nitrogens is 2. The smallest absolute Gasteiger partial charge is 0.294 e. The number of carbonyl (C=O) groups is 1. The molecule has 0 fully saturated rings. The fraction of sp³-hybridized carbons (Fsp3) is 0.207. The fourth-order valence-electron chi connectivity index (χ4n) is 4.01. The number of amides is 1. The van der Waals surface area contributed by atoms with Crippen molar-refractivity contribution in [2.24, 2.45) is 0 Å². The number of para-hydroxylation sites is 3. The summed E-state index contributed by atoms with van der Waals surface area (Å²) in [6.45, 7) is 3.82. The lowest BCUT2D eigenvalue weighted by Gasteiger charge is -2.26. The standard InChI is InChI=1S/C29H30N4O6/c1-18-10-9-11-19(2)26(18)33(39-23-13-8-7-12-22(23)35-3)28(34)20-16-30-29(31-17-20)32-21-14-24(36-4)27(38-6)25(15-21)37-5/h7-17H,1-6H3,(H,30,31,32). The Morgan fingerprint density at radius 2 is 1.31 bits per heavy atom. The van der Waals surface area contributed by atoms with Gasteiger partial charge in [0.05, 0.1) is 39.7 Å². The second kappa shape index (κ2) is 12.0. The molecule has 3 aromatic carbocycles. The van der Waals surface area contributed by atoms with E-state index >= 15 is 0 Å². The van der Waals surface area contributed by atoms with Crippen LogP contribution in [0.15, 0.2) is 67.0 Å². The van der Waals surface area contributed by atoms with Crippen molar-refractivity contribution in [1.82, 2.24) is 9.97 Å². The van der Waals surface area contributed by atoms with Gasteiger partial charge in [0.25, 0.3) is 5.91 Å². The Morgan fingerprint density at radius 3 is 1.85 bits per heavy atom. The summed E-state index contributed by atoms with van der Waals surface area (Å²) in [5.41, 5.74) is 3.18. The molecule has 10 nitrogen and oxygen atoms in total. The van der Waals surface area contributed by atoms with Crippen molar-refractivity contribution in [2.45, 2.75) is 13.8 Å². The molecule has 0 unspecified atom stereocenters. The highest BCUT2D eigenvalue weighted by Gasteiger charge is 2.25. The lowest BCUT2D eigenvalue weighted by atomic mass is 10.1. The number of hydroxylamine groups is 1. The van der Waals surface area contributed by atoms with Crippen LogP contribution in [0.1, 0.15) is 21.5 Å². The maximum absolute atomic E-state index is 13.8. The minimum atomic E-state index is -0.447. The van der Waals surface area contributed by atoms with Gasteiger partial charge in [0.15, 0.2) is 23.0 Å². The highest BCUT2D eigenvalue weighted by Crippen LogP contribution is 2.40. The number of rotatable bonds is 10. The van der Waals surface area contributed by atoms with Crippen LogP contribution in [0.3, 0.4) is 0 Å². The van der Waals surface area contributed by atoms with Crippen molar-refractivity contribution in [2.75, 3.05) is 38.8 Å². The topological polar surface area (TPSA) is 104 Å². The van der Waals surface area contributed by atoms with Crippen molar-refractivity contribution >= 4 is 23.2 Å². The first-order chi connectivity index (χ1) is 18.9. The van der Waals surface area contributed by atoms with Gasteiger partial charge in [0, 0.05) is 30.2 Å². The number of aryl methyl sites for hydroxylation is 2.